The van der Waals surface area contributed by atoms with Crippen molar-refractivity contribution in [1.29, 1.82) is 0 Å². The molecule has 0 heterocycles. The Morgan fingerprint density at radius 2 is 2.06 bits per heavy atom. The molecule has 0 aliphatic carbocycles. The van der Waals surface area contributed by atoms with Crippen LogP contribution in [-0.4, -0.2) is 0 Å². The Bertz CT molecular complexity index is 432. The summed E-state index contributed by atoms with van der Waals surface area (Å²) in [7, 11) is 0. The summed E-state index contributed by atoms with van der Waals surface area (Å²) in [6.45, 7) is 2.17. The quantitative estimate of drug-likeness (QED) is 0.481. The monoisotopic (exact) mass is 253 g/mol. The first-order chi connectivity index (χ1) is 8.15. The lowest BCUT2D eigenvalue weighted by Crippen LogP contribution is -1.93. The molecule has 0 saturated heterocycles. The zero-order valence-electron chi connectivity index (χ0n) is 10.0. The van der Waals surface area contributed by atoms with Crippen molar-refractivity contribution in [2.24, 2.45) is 0 Å². The predicted octanol–water partition coefficient (Wildman–Crippen LogP) is 4.38. The molecule has 0 spiro atoms. The number of nitrogen functional groups attached to an aromatic ring is 1. The summed E-state index contributed by atoms with van der Waals surface area (Å²) in [5.74, 6) is 5.47. The predicted molar refractivity (Wildman–Crippen MR) is 71.5 cm³/mol. The highest BCUT2D eigenvalue weighted by atomic mass is 35.5. The molecule has 92 valence electrons. The number of hydrogen-bond acceptors (Lipinski definition) is 1. The molecule has 2 N–H and O–H groups in total. The van der Waals surface area contributed by atoms with Crippen LogP contribution in [0.1, 0.15) is 44.6 Å². The number of rotatable bonds is 4. The molecule has 17 heavy (non-hydrogen) atoms. The average Bonchev–Trinajstić information content (AvgIpc) is 2.29. The Kier molecular flexibility index (Phi) is 5.86. The van der Waals surface area contributed by atoms with Gasteiger partial charge in [-0.3, -0.25) is 0 Å². The molecule has 0 atom stereocenters. The van der Waals surface area contributed by atoms with Crippen LogP contribution in [0.4, 0.5) is 10.1 Å². The first-order valence-electron chi connectivity index (χ1n) is 5.88. The van der Waals surface area contributed by atoms with E-state index in [2.05, 4.69) is 18.8 Å². The number of nitrogens with two attached hydrogens (primary N) is 1. The SMILES string of the molecule is CCCCCCC#Cc1cc(F)cc(Cl)c1N. The number of benzene rings is 1. The molecule has 0 fully saturated rings. The molecule has 1 rings (SSSR count). The van der Waals surface area contributed by atoms with Crippen molar-refractivity contribution < 1.29 is 4.39 Å². The zero-order valence-corrected chi connectivity index (χ0v) is 10.8. The van der Waals surface area contributed by atoms with E-state index in [4.69, 9.17) is 17.3 Å². The third-order valence-electron chi connectivity index (χ3n) is 2.47. The molecule has 0 unspecified atom stereocenters. The van der Waals surface area contributed by atoms with Crippen molar-refractivity contribution in [3.63, 3.8) is 0 Å². The highest BCUT2D eigenvalue weighted by molar-refractivity contribution is 6.33. The van der Waals surface area contributed by atoms with Gasteiger partial charge in [-0.1, -0.05) is 49.6 Å². The van der Waals surface area contributed by atoms with Gasteiger partial charge in [0.15, 0.2) is 0 Å². The van der Waals surface area contributed by atoms with Crippen LogP contribution < -0.4 is 5.73 Å². The van der Waals surface area contributed by atoms with E-state index in [1.165, 1.54) is 31.4 Å². The highest BCUT2D eigenvalue weighted by Gasteiger charge is 2.03. The molecule has 1 aromatic carbocycles. The Morgan fingerprint density at radius 1 is 1.29 bits per heavy atom. The first-order valence-corrected chi connectivity index (χ1v) is 6.26. The third kappa shape index (κ3) is 4.66. The van der Waals surface area contributed by atoms with E-state index in [-0.39, 0.29) is 5.02 Å². The maximum absolute atomic E-state index is 13.1. The normalized spacial score (nSPS) is 9.82. The Labute approximate surface area is 107 Å². The van der Waals surface area contributed by atoms with Crippen LogP contribution in [0.5, 0.6) is 0 Å². The van der Waals surface area contributed by atoms with E-state index >= 15 is 0 Å². The van der Waals surface area contributed by atoms with Gasteiger partial charge in [-0.15, -0.1) is 0 Å². The second kappa shape index (κ2) is 7.19. The second-order valence-corrected chi connectivity index (χ2v) is 4.37. The molecule has 0 radical (unpaired) electrons. The Hall–Kier alpha value is -1.20. The van der Waals surface area contributed by atoms with Gasteiger partial charge < -0.3 is 5.73 Å². The molecule has 0 aliphatic rings. The van der Waals surface area contributed by atoms with E-state index in [1.54, 1.807) is 0 Å². The fourth-order valence-electron chi connectivity index (χ4n) is 1.49. The largest absolute Gasteiger partial charge is 0.397 e. The maximum atomic E-state index is 13.1. The molecular weight excluding hydrogens is 237 g/mol. The van der Waals surface area contributed by atoms with E-state index in [0.717, 1.165) is 12.8 Å². The lowest BCUT2D eigenvalue weighted by molar-refractivity contribution is 0.627. The maximum Gasteiger partial charge on any atom is 0.126 e. The standard InChI is InChI=1S/C14H17ClFN/c1-2-3-4-5-6-7-8-11-9-12(16)10-13(15)14(11)17/h9-10H,2-6,17H2,1H3. The van der Waals surface area contributed by atoms with Crippen LogP contribution in [0.3, 0.4) is 0 Å². The lowest BCUT2D eigenvalue weighted by atomic mass is 10.1. The third-order valence-corrected chi connectivity index (χ3v) is 2.79. The Balaban J connectivity index is 2.59. The molecule has 3 heteroatoms. The van der Waals surface area contributed by atoms with Gasteiger partial charge in [0.05, 0.1) is 16.3 Å². The number of hydrogen-bond donors (Lipinski definition) is 1. The Morgan fingerprint density at radius 3 is 2.76 bits per heavy atom. The van der Waals surface area contributed by atoms with Crippen molar-refractivity contribution >= 4 is 17.3 Å². The fourth-order valence-corrected chi connectivity index (χ4v) is 1.69. The van der Waals surface area contributed by atoms with Crippen molar-refractivity contribution in [2.75, 3.05) is 5.73 Å². The van der Waals surface area contributed by atoms with Gasteiger partial charge in [-0.2, -0.15) is 0 Å². The van der Waals surface area contributed by atoms with E-state index in [0.29, 0.717) is 11.3 Å². The summed E-state index contributed by atoms with van der Waals surface area (Å²) in [4.78, 5) is 0. The van der Waals surface area contributed by atoms with Gasteiger partial charge >= 0.3 is 0 Å². The van der Waals surface area contributed by atoms with Gasteiger partial charge in [0.2, 0.25) is 0 Å². The van der Waals surface area contributed by atoms with Gasteiger partial charge in [0.1, 0.15) is 5.82 Å². The van der Waals surface area contributed by atoms with E-state index in [1.807, 2.05) is 0 Å². The minimum Gasteiger partial charge on any atom is -0.397 e. The van der Waals surface area contributed by atoms with Gasteiger partial charge in [0.25, 0.3) is 0 Å². The number of anilines is 1. The molecule has 1 aromatic rings. The molecular formula is C14H17ClFN. The first kappa shape index (κ1) is 13.9. The summed E-state index contributed by atoms with van der Waals surface area (Å²) in [5.41, 5.74) is 6.55. The minimum atomic E-state index is -0.403. The summed E-state index contributed by atoms with van der Waals surface area (Å²) in [5, 5.41) is 0.222. The van der Waals surface area contributed by atoms with Gasteiger partial charge in [0, 0.05) is 6.42 Å². The summed E-state index contributed by atoms with van der Waals surface area (Å²) in [6, 6.07) is 2.52. The fraction of sp³-hybridized carbons (Fsp3) is 0.429. The highest BCUT2D eigenvalue weighted by Crippen LogP contribution is 2.23. The van der Waals surface area contributed by atoms with Crippen LogP contribution >= 0.6 is 11.6 Å². The van der Waals surface area contributed by atoms with E-state index < -0.39 is 5.82 Å². The van der Waals surface area contributed by atoms with Crippen LogP contribution in [0.15, 0.2) is 12.1 Å². The molecule has 0 aliphatic heterocycles. The lowest BCUT2D eigenvalue weighted by Gasteiger charge is -2.01. The van der Waals surface area contributed by atoms with Gasteiger partial charge in [-0.05, 0) is 18.6 Å². The molecule has 0 bridgehead atoms. The van der Waals surface area contributed by atoms with Crippen molar-refractivity contribution in [2.45, 2.75) is 39.0 Å². The topological polar surface area (TPSA) is 26.0 Å². The number of halogens is 2. The van der Waals surface area contributed by atoms with Crippen LogP contribution in [0.25, 0.3) is 0 Å². The van der Waals surface area contributed by atoms with Gasteiger partial charge in [-0.25, -0.2) is 4.39 Å². The number of unbranched alkanes of at least 4 members (excludes halogenated alkanes) is 4. The molecule has 0 aromatic heterocycles. The van der Waals surface area contributed by atoms with Crippen molar-refractivity contribution in [3.8, 4) is 11.8 Å². The average molecular weight is 254 g/mol. The minimum absolute atomic E-state index is 0.222. The molecule has 1 nitrogen and oxygen atoms in total. The molecule has 0 amide bonds. The zero-order chi connectivity index (χ0) is 12.7. The molecule has 0 saturated carbocycles. The van der Waals surface area contributed by atoms with Crippen molar-refractivity contribution in [1.82, 2.24) is 0 Å². The van der Waals surface area contributed by atoms with Crippen LogP contribution in [0.2, 0.25) is 5.02 Å². The van der Waals surface area contributed by atoms with Crippen molar-refractivity contribution in [3.05, 3.63) is 28.5 Å². The smallest absolute Gasteiger partial charge is 0.126 e. The summed E-state index contributed by atoms with van der Waals surface area (Å²) in [6.07, 6.45) is 5.51. The van der Waals surface area contributed by atoms with Crippen LogP contribution in [-0.2, 0) is 0 Å². The summed E-state index contributed by atoms with van der Waals surface area (Å²) >= 11 is 5.77. The summed E-state index contributed by atoms with van der Waals surface area (Å²) < 4.78 is 13.1. The van der Waals surface area contributed by atoms with Crippen LogP contribution in [0, 0.1) is 17.7 Å². The van der Waals surface area contributed by atoms with E-state index in [9.17, 15) is 4.39 Å². The second-order valence-electron chi connectivity index (χ2n) is 3.96.